The standard InChI is InChI=1S/C5H8N2O2/c6-5(9)2-1-3-7-4-8/h1-2,4H,3H2,(H2,6,9)(H,7,8)/b2-1+. The molecule has 0 aromatic heterocycles. The summed E-state index contributed by atoms with van der Waals surface area (Å²) in [6, 6.07) is 0. The predicted octanol–water partition coefficient (Wildman–Crippen LogP) is -1.23. The number of hydrogen-bond acceptors (Lipinski definition) is 2. The summed E-state index contributed by atoms with van der Waals surface area (Å²) in [5.41, 5.74) is 4.73. The molecular formula is C5H8N2O2. The highest BCUT2D eigenvalue weighted by Gasteiger charge is 1.79. The summed E-state index contributed by atoms with van der Waals surface area (Å²) < 4.78 is 0. The highest BCUT2D eigenvalue weighted by atomic mass is 16.1. The second kappa shape index (κ2) is 4.83. The molecule has 0 aromatic rings. The molecule has 3 N–H and O–H groups in total. The largest absolute Gasteiger partial charge is 0.366 e. The molecule has 2 amide bonds. The fourth-order valence-electron chi connectivity index (χ4n) is 0.291. The third-order valence-electron chi connectivity index (χ3n) is 0.601. The second-order valence-electron chi connectivity index (χ2n) is 1.33. The van der Waals surface area contributed by atoms with Crippen molar-refractivity contribution in [2.24, 2.45) is 5.73 Å². The molecule has 0 saturated carbocycles. The van der Waals surface area contributed by atoms with Gasteiger partial charge in [-0.2, -0.15) is 0 Å². The number of hydrogen-bond donors (Lipinski definition) is 2. The van der Waals surface area contributed by atoms with E-state index in [0.717, 1.165) is 0 Å². The molecule has 0 saturated heterocycles. The van der Waals surface area contributed by atoms with Gasteiger partial charge in [0.2, 0.25) is 12.3 Å². The van der Waals surface area contributed by atoms with E-state index in [9.17, 15) is 9.59 Å². The molecule has 0 aliphatic carbocycles. The first kappa shape index (κ1) is 7.68. The van der Waals surface area contributed by atoms with Gasteiger partial charge in [0.05, 0.1) is 0 Å². The number of carbonyl (C=O) groups excluding carboxylic acids is 2. The zero-order valence-electron chi connectivity index (χ0n) is 4.83. The number of nitrogens with one attached hydrogen (secondary N) is 1. The molecule has 4 nitrogen and oxygen atoms in total. The molecule has 0 aliphatic rings. The molecule has 0 atom stereocenters. The molecule has 0 heterocycles. The minimum Gasteiger partial charge on any atom is -0.366 e. The number of primary amides is 1. The van der Waals surface area contributed by atoms with E-state index in [1.807, 2.05) is 0 Å². The summed E-state index contributed by atoms with van der Waals surface area (Å²) in [5, 5.41) is 2.33. The highest BCUT2D eigenvalue weighted by Crippen LogP contribution is 1.65. The molecule has 9 heavy (non-hydrogen) atoms. The minimum absolute atomic E-state index is 0.340. The van der Waals surface area contributed by atoms with Crippen molar-refractivity contribution in [3.8, 4) is 0 Å². The molecule has 0 unspecified atom stereocenters. The Morgan fingerprint density at radius 3 is 2.78 bits per heavy atom. The van der Waals surface area contributed by atoms with Crippen molar-refractivity contribution in [3.63, 3.8) is 0 Å². The van der Waals surface area contributed by atoms with Crippen LogP contribution in [0.2, 0.25) is 0 Å². The third kappa shape index (κ3) is 6.68. The maximum atomic E-state index is 9.98. The van der Waals surface area contributed by atoms with Crippen LogP contribution in [0.1, 0.15) is 0 Å². The lowest BCUT2D eigenvalue weighted by atomic mass is 10.5. The Morgan fingerprint density at radius 2 is 2.33 bits per heavy atom. The summed E-state index contributed by atoms with van der Waals surface area (Å²) >= 11 is 0. The topological polar surface area (TPSA) is 72.2 Å². The molecule has 0 aliphatic heterocycles. The van der Waals surface area contributed by atoms with Gasteiger partial charge >= 0.3 is 0 Å². The zero-order chi connectivity index (χ0) is 7.11. The summed E-state index contributed by atoms with van der Waals surface area (Å²) in [6.07, 6.45) is 3.21. The Morgan fingerprint density at radius 1 is 1.67 bits per heavy atom. The summed E-state index contributed by atoms with van der Waals surface area (Å²) in [4.78, 5) is 19.6. The Bertz CT molecular complexity index is 131. The van der Waals surface area contributed by atoms with E-state index in [1.165, 1.54) is 12.2 Å². The van der Waals surface area contributed by atoms with E-state index in [2.05, 4.69) is 5.32 Å². The van der Waals surface area contributed by atoms with Gasteiger partial charge in [-0.1, -0.05) is 6.08 Å². The number of rotatable bonds is 4. The zero-order valence-corrected chi connectivity index (χ0v) is 4.83. The Balaban J connectivity index is 3.24. The summed E-state index contributed by atoms with van der Waals surface area (Å²) in [5.74, 6) is -0.511. The van der Waals surface area contributed by atoms with E-state index in [1.54, 1.807) is 0 Å². The van der Waals surface area contributed by atoms with Crippen LogP contribution >= 0.6 is 0 Å². The SMILES string of the molecule is NC(=O)/C=C/CNC=O. The summed E-state index contributed by atoms with van der Waals surface area (Å²) in [7, 11) is 0. The van der Waals surface area contributed by atoms with Crippen LogP contribution in [0.4, 0.5) is 0 Å². The van der Waals surface area contributed by atoms with E-state index < -0.39 is 5.91 Å². The van der Waals surface area contributed by atoms with Crippen molar-refractivity contribution in [1.82, 2.24) is 5.32 Å². The van der Waals surface area contributed by atoms with Gasteiger partial charge in [-0.3, -0.25) is 9.59 Å². The monoisotopic (exact) mass is 128 g/mol. The molecule has 0 rings (SSSR count). The van der Waals surface area contributed by atoms with Crippen molar-refractivity contribution >= 4 is 12.3 Å². The van der Waals surface area contributed by atoms with Gasteiger partial charge in [0, 0.05) is 12.6 Å². The van der Waals surface area contributed by atoms with Crippen LogP contribution in [0.5, 0.6) is 0 Å². The van der Waals surface area contributed by atoms with Crippen molar-refractivity contribution in [2.45, 2.75) is 0 Å². The van der Waals surface area contributed by atoms with Crippen LogP contribution in [0.25, 0.3) is 0 Å². The van der Waals surface area contributed by atoms with Crippen LogP contribution in [-0.4, -0.2) is 18.9 Å². The first-order valence-electron chi connectivity index (χ1n) is 2.40. The van der Waals surface area contributed by atoms with Crippen molar-refractivity contribution < 1.29 is 9.59 Å². The molecule has 50 valence electrons. The fourth-order valence-corrected chi connectivity index (χ4v) is 0.291. The normalized spacial score (nSPS) is 9.33. The van der Waals surface area contributed by atoms with Crippen LogP contribution in [0.15, 0.2) is 12.2 Å². The smallest absolute Gasteiger partial charge is 0.241 e. The quantitative estimate of drug-likeness (QED) is 0.283. The third-order valence-corrected chi connectivity index (χ3v) is 0.601. The maximum Gasteiger partial charge on any atom is 0.241 e. The Hall–Kier alpha value is -1.32. The highest BCUT2D eigenvalue weighted by molar-refractivity contribution is 5.85. The van der Waals surface area contributed by atoms with Crippen molar-refractivity contribution in [2.75, 3.05) is 6.54 Å². The maximum absolute atomic E-state index is 9.98. The first-order valence-corrected chi connectivity index (χ1v) is 2.40. The Labute approximate surface area is 52.7 Å². The average Bonchev–Trinajstić information content (AvgIpc) is 1.80. The number of nitrogens with two attached hydrogens (primary N) is 1. The molecule has 0 bridgehead atoms. The van der Waals surface area contributed by atoms with Gasteiger partial charge < -0.3 is 11.1 Å². The molecule has 0 fully saturated rings. The predicted molar refractivity (Wildman–Crippen MR) is 32.4 cm³/mol. The lowest BCUT2D eigenvalue weighted by Gasteiger charge is -1.85. The fraction of sp³-hybridized carbons (Fsp3) is 0.200. The van der Waals surface area contributed by atoms with Crippen LogP contribution in [0, 0.1) is 0 Å². The Kier molecular flexibility index (Phi) is 4.12. The first-order chi connectivity index (χ1) is 4.27. The van der Waals surface area contributed by atoms with Gasteiger partial charge in [-0.15, -0.1) is 0 Å². The van der Waals surface area contributed by atoms with E-state index >= 15 is 0 Å². The molecule has 4 heteroatoms. The van der Waals surface area contributed by atoms with Crippen molar-refractivity contribution in [1.29, 1.82) is 0 Å². The van der Waals surface area contributed by atoms with Gasteiger partial charge in [0.1, 0.15) is 0 Å². The summed E-state index contributed by atoms with van der Waals surface area (Å²) in [6.45, 7) is 0.340. The lowest BCUT2D eigenvalue weighted by molar-refractivity contribution is -0.113. The van der Waals surface area contributed by atoms with E-state index in [-0.39, 0.29) is 0 Å². The molecule has 0 radical (unpaired) electrons. The van der Waals surface area contributed by atoms with Crippen molar-refractivity contribution in [3.05, 3.63) is 12.2 Å². The van der Waals surface area contributed by atoms with E-state index in [0.29, 0.717) is 13.0 Å². The van der Waals surface area contributed by atoms with Gasteiger partial charge in [0.15, 0.2) is 0 Å². The van der Waals surface area contributed by atoms with Gasteiger partial charge in [0.25, 0.3) is 0 Å². The van der Waals surface area contributed by atoms with Crippen LogP contribution in [0.3, 0.4) is 0 Å². The van der Waals surface area contributed by atoms with Crippen LogP contribution < -0.4 is 11.1 Å². The van der Waals surface area contributed by atoms with Gasteiger partial charge in [-0.05, 0) is 0 Å². The van der Waals surface area contributed by atoms with Gasteiger partial charge in [-0.25, -0.2) is 0 Å². The minimum atomic E-state index is -0.511. The number of amides is 2. The molecule has 0 spiro atoms. The van der Waals surface area contributed by atoms with Crippen LogP contribution in [-0.2, 0) is 9.59 Å². The lowest BCUT2D eigenvalue weighted by Crippen LogP contribution is -2.11. The number of carbonyl (C=O) groups is 2. The average molecular weight is 128 g/mol. The molecular weight excluding hydrogens is 120 g/mol. The molecule has 0 aromatic carbocycles. The second-order valence-corrected chi connectivity index (χ2v) is 1.33. The van der Waals surface area contributed by atoms with E-state index in [4.69, 9.17) is 5.73 Å².